The molecule has 0 fully saturated rings. The predicted molar refractivity (Wildman–Crippen MR) is 108 cm³/mol. The highest BCUT2D eigenvalue weighted by Crippen LogP contribution is 2.35. The van der Waals surface area contributed by atoms with E-state index < -0.39 is 0 Å². The van der Waals surface area contributed by atoms with Crippen molar-refractivity contribution in [3.63, 3.8) is 0 Å². The molecule has 0 bridgehead atoms. The van der Waals surface area contributed by atoms with Crippen molar-refractivity contribution in [2.24, 2.45) is 7.05 Å². The lowest BCUT2D eigenvalue weighted by molar-refractivity contribution is -0.576. The average Bonchev–Trinajstić information content (AvgIpc) is 2.95. The molecule has 0 saturated carbocycles. The van der Waals surface area contributed by atoms with Crippen LogP contribution in [0.25, 0.3) is 38.2 Å². The summed E-state index contributed by atoms with van der Waals surface area (Å²) in [4.78, 5) is 4.84. The molecule has 0 amide bonds. The number of pyridine rings is 2. The van der Waals surface area contributed by atoms with Gasteiger partial charge in [-0.3, -0.25) is 0 Å². The summed E-state index contributed by atoms with van der Waals surface area (Å²) < 4.78 is 4.60. The van der Waals surface area contributed by atoms with E-state index in [-0.39, 0.29) is 0 Å². The molecular weight excluding hydrogens is 318 g/mol. The van der Waals surface area contributed by atoms with Crippen LogP contribution in [0.15, 0.2) is 54.7 Å². The Balaban J connectivity index is 2.25. The van der Waals surface area contributed by atoms with Gasteiger partial charge in [-0.05, 0) is 42.7 Å². The lowest BCUT2D eigenvalue weighted by Gasteiger charge is -2.11. The number of hydrogen-bond donors (Lipinski definition) is 0. The topological polar surface area (TPSA) is 21.9 Å². The molecule has 0 unspecified atom stereocenters. The summed E-state index contributed by atoms with van der Waals surface area (Å²) in [5, 5.41) is 3.85. The van der Waals surface area contributed by atoms with E-state index in [4.69, 9.17) is 4.98 Å². The van der Waals surface area contributed by atoms with Gasteiger partial charge in [0.1, 0.15) is 11.0 Å². The Morgan fingerprint density at radius 3 is 2.50 bits per heavy atom. The van der Waals surface area contributed by atoms with Gasteiger partial charge < -0.3 is 0 Å². The maximum absolute atomic E-state index is 4.84. The van der Waals surface area contributed by atoms with Crippen LogP contribution in [0.3, 0.4) is 0 Å². The highest BCUT2D eigenvalue weighted by atomic mass is 15.3. The third-order valence-electron chi connectivity index (χ3n) is 5.57. The second-order valence-corrected chi connectivity index (χ2v) is 7.45. The Morgan fingerprint density at radius 2 is 1.69 bits per heavy atom. The molecule has 0 aliphatic heterocycles. The van der Waals surface area contributed by atoms with Crippen molar-refractivity contribution in [2.75, 3.05) is 0 Å². The summed E-state index contributed by atoms with van der Waals surface area (Å²) in [6, 6.07) is 17.4. The summed E-state index contributed by atoms with van der Waals surface area (Å²) in [7, 11) is 2.14. The number of hydrogen-bond acceptors (Lipinski definition) is 1. The molecule has 0 aliphatic rings. The first-order chi connectivity index (χ1) is 12.6. The molecule has 128 valence electrons. The van der Waals surface area contributed by atoms with Crippen molar-refractivity contribution in [1.82, 2.24) is 9.67 Å². The molecule has 0 saturated heterocycles. The fourth-order valence-corrected chi connectivity index (χ4v) is 4.36. The van der Waals surface area contributed by atoms with Gasteiger partial charge in [-0.1, -0.05) is 42.6 Å². The minimum atomic E-state index is 0.446. The summed E-state index contributed by atoms with van der Waals surface area (Å²) in [5.41, 5.74) is 7.40. The van der Waals surface area contributed by atoms with Gasteiger partial charge in [0.2, 0.25) is 0 Å². The number of aryl methyl sites for hydroxylation is 2. The van der Waals surface area contributed by atoms with Crippen molar-refractivity contribution in [3.8, 4) is 0 Å². The molecule has 0 spiro atoms. The van der Waals surface area contributed by atoms with Gasteiger partial charge in [-0.15, -0.1) is 4.68 Å². The van der Waals surface area contributed by atoms with E-state index >= 15 is 0 Å². The Kier molecular flexibility index (Phi) is 3.11. The van der Waals surface area contributed by atoms with Crippen molar-refractivity contribution < 1.29 is 4.52 Å². The van der Waals surface area contributed by atoms with E-state index in [1.165, 1.54) is 43.8 Å². The normalized spacial score (nSPS) is 12.2. The summed E-state index contributed by atoms with van der Waals surface area (Å²) in [5.74, 6) is 0.446. The van der Waals surface area contributed by atoms with Crippen LogP contribution < -0.4 is 4.52 Å². The van der Waals surface area contributed by atoms with E-state index in [1.807, 2.05) is 6.20 Å². The van der Waals surface area contributed by atoms with Crippen LogP contribution in [-0.4, -0.2) is 9.67 Å². The van der Waals surface area contributed by atoms with Crippen LogP contribution in [0.1, 0.15) is 30.9 Å². The van der Waals surface area contributed by atoms with E-state index in [2.05, 4.69) is 85.5 Å². The highest BCUT2D eigenvalue weighted by molar-refractivity contribution is 6.15. The van der Waals surface area contributed by atoms with Crippen LogP contribution in [0.4, 0.5) is 0 Å². The van der Waals surface area contributed by atoms with Crippen LogP contribution in [0.5, 0.6) is 0 Å². The zero-order chi connectivity index (χ0) is 18.0. The van der Waals surface area contributed by atoms with Gasteiger partial charge in [0.25, 0.3) is 11.0 Å². The van der Waals surface area contributed by atoms with Crippen LogP contribution >= 0.6 is 0 Å². The molecule has 2 aromatic carbocycles. The fourth-order valence-electron chi connectivity index (χ4n) is 4.36. The second kappa shape index (κ2) is 5.28. The van der Waals surface area contributed by atoms with Crippen molar-refractivity contribution in [2.45, 2.75) is 26.7 Å². The molecule has 0 atom stereocenters. The molecule has 3 heterocycles. The van der Waals surface area contributed by atoms with E-state index in [9.17, 15) is 0 Å². The largest absolute Gasteiger partial charge is 0.265 e. The molecule has 3 aromatic heterocycles. The number of fused-ring (bicyclic) bond motifs is 8. The number of para-hydroxylation sites is 1. The first-order valence-corrected chi connectivity index (χ1v) is 9.19. The Hall–Kier alpha value is -2.94. The van der Waals surface area contributed by atoms with Gasteiger partial charge in [-0.2, -0.15) is 0 Å². The molecule has 0 aliphatic carbocycles. The zero-order valence-corrected chi connectivity index (χ0v) is 15.6. The lowest BCUT2D eigenvalue weighted by atomic mass is 9.94. The third-order valence-corrected chi connectivity index (χ3v) is 5.57. The predicted octanol–water partition coefficient (Wildman–Crippen LogP) is 5.05. The minimum Gasteiger partial charge on any atom is -0.249 e. The monoisotopic (exact) mass is 340 g/mol. The van der Waals surface area contributed by atoms with Crippen LogP contribution in [0.2, 0.25) is 0 Å². The Bertz CT molecular complexity index is 1330. The average molecular weight is 340 g/mol. The maximum atomic E-state index is 4.84. The first-order valence-electron chi connectivity index (χ1n) is 9.19. The van der Waals surface area contributed by atoms with Gasteiger partial charge in [0, 0.05) is 17.1 Å². The van der Waals surface area contributed by atoms with E-state index in [1.54, 1.807) is 0 Å². The first kappa shape index (κ1) is 15.3. The quantitative estimate of drug-likeness (QED) is 0.309. The van der Waals surface area contributed by atoms with E-state index in [0.717, 1.165) is 5.52 Å². The fraction of sp³-hybridized carbons (Fsp3) is 0.217. The molecule has 3 heteroatoms. The van der Waals surface area contributed by atoms with Gasteiger partial charge in [0.05, 0.1) is 17.8 Å². The van der Waals surface area contributed by atoms with Gasteiger partial charge in [-0.25, -0.2) is 4.98 Å². The Labute approximate surface area is 152 Å². The number of nitrogens with zero attached hydrogens (tertiary/aromatic N) is 3. The number of aromatic nitrogens is 3. The standard InChI is InChI=1S/C23H22N3/c1-14(2)16-9-7-10-18-20(16)21-22(15(3)12-13-24-21)26-23(18)17-8-5-6-11-19(17)25(26)4/h5-14H,1-4H3/q+1. The minimum absolute atomic E-state index is 0.446. The SMILES string of the molecule is Cc1ccnc2c3c(C(C)C)cccc3c3c4ccccc4n(C)[n+]3c12. The number of benzene rings is 2. The molecule has 5 aromatic rings. The number of rotatable bonds is 1. The third kappa shape index (κ3) is 1.83. The summed E-state index contributed by atoms with van der Waals surface area (Å²) in [6.07, 6.45) is 1.93. The lowest BCUT2D eigenvalue weighted by Crippen LogP contribution is -2.32. The molecule has 5 rings (SSSR count). The molecular formula is C23H22N3+. The smallest absolute Gasteiger partial charge is 0.249 e. The van der Waals surface area contributed by atoms with Gasteiger partial charge >= 0.3 is 0 Å². The molecule has 0 radical (unpaired) electrons. The highest BCUT2D eigenvalue weighted by Gasteiger charge is 2.27. The Morgan fingerprint density at radius 1 is 0.923 bits per heavy atom. The van der Waals surface area contributed by atoms with Crippen LogP contribution in [-0.2, 0) is 7.05 Å². The molecule has 0 N–H and O–H groups in total. The zero-order valence-electron chi connectivity index (χ0n) is 15.6. The van der Waals surface area contributed by atoms with E-state index in [0.29, 0.717) is 5.92 Å². The maximum Gasteiger partial charge on any atom is 0.265 e. The molecule has 26 heavy (non-hydrogen) atoms. The van der Waals surface area contributed by atoms with Crippen molar-refractivity contribution in [1.29, 1.82) is 0 Å². The van der Waals surface area contributed by atoms with Gasteiger partial charge in [0.15, 0.2) is 0 Å². The van der Waals surface area contributed by atoms with Crippen LogP contribution in [0, 0.1) is 6.92 Å². The second-order valence-electron chi connectivity index (χ2n) is 7.45. The van der Waals surface area contributed by atoms with Crippen molar-refractivity contribution in [3.05, 3.63) is 65.9 Å². The summed E-state index contributed by atoms with van der Waals surface area (Å²) in [6.45, 7) is 6.70. The van der Waals surface area contributed by atoms with Crippen molar-refractivity contribution >= 4 is 38.2 Å². The molecule has 3 nitrogen and oxygen atoms in total. The summed E-state index contributed by atoms with van der Waals surface area (Å²) >= 11 is 0.